The molecule has 1 aromatic heterocycles. The van der Waals surface area contributed by atoms with Crippen molar-refractivity contribution >= 4 is 12.0 Å². The zero-order valence-electron chi connectivity index (χ0n) is 12.5. The van der Waals surface area contributed by atoms with Crippen LogP contribution >= 0.6 is 0 Å². The standard InChI is InChI=1S/C14H14F2N6O/c1-8(2)22-13(19-7-20-22)21-14(23)18-6-9-3-11(15)10(5-17)12(16)4-9/h3-4,7-8H,6H2,1-2H3,(H2,18,19,20,21,23). The van der Waals surface area contributed by atoms with Crippen LogP contribution in [-0.4, -0.2) is 20.8 Å². The molecule has 0 unspecified atom stereocenters. The van der Waals surface area contributed by atoms with E-state index in [2.05, 4.69) is 20.7 Å². The van der Waals surface area contributed by atoms with Crippen molar-refractivity contribution in [1.29, 1.82) is 5.26 Å². The van der Waals surface area contributed by atoms with Gasteiger partial charge in [-0.05, 0) is 31.5 Å². The van der Waals surface area contributed by atoms with E-state index >= 15 is 0 Å². The van der Waals surface area contributed by atoms with Gasteiger partial charge >= 0.3 is 6.03 Å². The summed E-state index contributed by atoms with van der Waals surface area (Å²) in [6.07, 6.45) is 1.31. The van der Waals surface area contributed by atoms with Crippen molar-refractivity contribution in [2.45, 2.75) is 26.4 Å². The summed E-state index contributed by atoms with van der Waals surface area (Å²) in [4.78, 5) is 15.7. The molecule has 0 saturated heterocycles. The molecule has 23 heavy (non-hydrogen) atoms. The highest BCUT2D eigenvalue weighted by atomic mass is 19.1. The summed E-state index contributed by atoms with van der Waals surface area (Å²) in [6, 6.07) is 2.85. The molecule has 0 atom stereocenters. The lowest BCUT2D eigenvalue weighted by atomic mass is 10.1. The van der Waals surface area contributed by atoms with Crippen LogP contribution in [-0.2, 0) is 6.54 Å². The van der Waals surface area contributed by atoms with Gasteiger partial charge < -0.3 is 5.32 Å². The van der Waals surface area contributed by atoms with E-state index in [0.29, 0.717) is 0 Å². The number of nitrogens with zero attached hydrogens (tertiary/aromatic N) is 4. The van der Waals surface area contributed by atoms with Gasteiger partial charge in [0.2, 0.25) is 5.95 Å². The van der Waals surface area contributed by atoms with Crippen LogP contribution < -0.4 is 10.6 Å². The van der Waals surface area contributed by atoms with Gasteiger partial charge in [0, 0.05) is 6.54 Å². The Morgan fingerprint density at radius 2 is 2.04 bits per heavy atom. The minimum Gasteiger partial charge on any atom is -0.334 e. The molecule has 1 heterocycles. The predicted octanol–water partition coefficient (Wildman–Crippen LogP) is 2.33. The van der Waals surface area contributed by atoms with Gasteiger partial charge in [-0.15, -0.1) is 0 Å². The Morgan fingerprint density at radius 1 is 1.39 bits per heavy atom. The van der Waals surface area contributed by atoms with Crippen molar-refractivity contribution in [3.63, 3.8) is 0 Å². The lowest BCUT2D eigenvalue weighted by Crippen LogP contribution is -2.30. The maximum absolute atomic E-state index is 13.5. The van der Waals surface area contributed by atoms with Crippen LogP contribution in [0.1, 0.15) is 31.0 Å². The van der Waals surface area contributed by atoms with Crippen LogP contribution in [0.4, 0.5) is 19.5 Å². The van der Waals surface area contributed by atoms with Crippen LogP contribution in [0.3, 0.4) is 0 Å². The molecule has 0 aliphatic carbocycles. The van der Waals surface area contributed by atoms with E-state index in [-0.39, 0.29) is 24.1 Å². The van der Waals surface area contributed by atoms with E-state index in [1.54, 1.807) is 0 Å². The van der Waals surface area contributed by atoms with Gasteiger partial charge in [0.15, 0.2) is 0 Å². The molecule has 7 nitrogen and oxygen atoms in total. The number of urea groups is 1. The smallest absolute Gasteiger partial charge is 0.321 e. The fraction of sp³-hybridized carbons (Fsp3) is 0.286. The number of halogens is 2. The Morgan fingerprint density at radius 3 is 2.61 bits per heavy atom. The molecular weight excluding hydrogens is 306 g/mol. The Labute approximate surface area is 130 Å². The molecule has 9 heteroatoms. The number of aromatic nitrogens is 3. The van der Waals surface area contributed by atoms with E-state index in [4.69, 9.17) is 5.26 Å². The molecule has 2 aromatic rings. The monoisotopic (exact) mass is 320 g/mol. The van der Waals surface area contributed by atoms with Gasteiger partial charge in [-0.3, -0.25) is 5.32 Å². The van der Waals surface area contributed by atoms with Crippen LogP contribution in [0, 0.1) is 23.0 Å². The number of anilines is 1. The quantitative estimate of drug-likeness (QED) is 0.903. The number of hydrogen-bond donors (Lipinski definition) is 2. The van der Waals surface area contributed by atoms with E-state index in [9.17, 15) is 13.6 Å². The van der Waals surface area contributed by atoms with Crippen LogP contribution in [0.2, 0.25) is 0 Å². The van der Waals surface area contributed by atoms with Gasteiger partial charge in [0.05, 0.1) is 6.04 Å². The normalized spacial score (nSPS) is 10.4. The van der Waals surface area contributed by atoms with Crippen molar-refractivity contribution in [2.24, 2.45) is 0 Å². The molecule has 0 aliphatic heterocycles. The molecule has 2 rings (SSSR count). The minimum atomic E-state index is -0.968. The lowest BCUT2D eigenvalue weighted by molar-refractivity contribution is 0.251. The second-order valence-corrected chi connectivity index (χ2v) is 4.98. The molecule has 0 fully saturated rings. The molecule has 2 N–H and O–H groups in total. The molecule has 0 bridgehead atoms. The minimum absolute atomic E-state index is 0.00881. The van der Waals surface area contributed by atoms with E-state index in [1.165, 1.54) is 17.1 Å². The van der Waals surface area contributed by atoms with Crippen molar-refractivity contribution < 1.29 is 13.6 Å². The third-order valence-electron chi connectivity index (χ3n) is 2.95. The van der Waals surface area contributed by atoms with Gasteiger partial charge in [-0.1, -0.05) is 0 Å². The number of carbonyl (C=O) groups excluding carboxylic acids is 1. The summed E-state index contributed by atoms with van der Waals surface area (Å²) in [6.45, 7) is 3.64. The van der Waals surface area contributed by atoms with Crippen LogP contribution in [0.15, 0.2) is 18.5 Å². The number of benzene rings is 1. The number of hydrogen-bond acceptors (Lipinski definition) is 4. The number of nitriles is 1. The number of rotatable bonds is 4. The first kappa shape index (κ1) is 16.4. The van der Waals surface area contributed by atoms with Crippen molar-refractivity contribution in [2.75, 3.05) is 5.32 Å². The zero-order valence-corrected chi connectivity index (χ0v) is 12.5. The molecule has 2 amide bonds. The summed E-state index contributed by atoms with van der Waals surface area (Å²) in [5.74, 6) is -1.68. The third kappa shape index (κ3) is 3.79. The van der Waals surface area contributed by atoms with E-state index in [0.717, 1.165) is 12.1 Å². The number of carbonyl (C=O) groups is 1. The Balaban J connectivity index is 2.00. The van der Waals surface area contributed by atoms with Gasteiger partial charge in [-0.2, -0.15) is 15.3 Å². The number of amides is 2. The van der Waals surface area contributed by atoms with Gasteiger partial charge in [-0.25, -0.2) is 18.3 Å². The molecule has 0 saturated carbocycles. The maximum atomic E-state index is 13.5. The SMILES string of the molecule is CC(C)n1ncnc1NC(=O)NCc1cc(F)c(C#N)c(F)c1. The van der Waals surface area contributed by atoms with E-state index in [1.807, 2.05) is 13.8 Å². The van der Waals surface area contributed by atoms with E-state index < -0.39 is 23.2 Å². The highest BCUT2D eigenvalue weighted by Crippen LogP contribution is 2.14. The molecule has 0 spiro atoms. The first-order chi connectivity index (χ1) is 10.9. The predicted molar refractivity (Wildman–Crippen MR) is 77.3 cm³/mol. The second kappa shape index (κ2) is 6.83. The van der Waals surface area contributed by atoms with Crippen LogP contribution in [0.25, 0.3) is 0 Å². The van der Waals surface area contributed by atoms with Crippen molar-refractivity contribution in [1.82, 2.24) is 20.1 Å². The summed E-state index contributed by atoms with van der Waals surface area (Å²) in [5, 5.41) is 17.5. The zero-order chi connectivity index (χ0) is 17.0. The number of nitrogens with one attached hydrogen (secondary N) is 2. The first-order valence-electron chi connectivity index (χ1n) is 6.74. The summed E-state index contributed by atoms with van der Waals surface area (Å²) in [5.41, 5.74) is -0.456. The van der Waals surface area contributed by atoms with Crippen LogP contribution in [0.5, 0.6) is 0 Å². The highest BCUT2D eigenvalue weighted by Gasteiger charge is 2.13. The molecule has 120 valence electrons. The summed E-state index contributed by atoms with van der Waals surface area (Å²) >= 11 is 0. The van der Waals surface area contributed by atoms with Crippen molar-refractivity contribution in [3.8, 4) is 6.07 Å². The average Bonchev–Trinajstić information content (AvgIpc) is 2.93. The van der Waals surface area contributed by atoms with Gasteiger partial charge in [0.1, 0.15) is 29.6 Å². The molecule has 1 aromatic carbocycles. The molecule has 0 radical (unpaired) electrons. The summed E-state index contributed by atoms with van der Waals surface area (Å²) < 4.78 is 28.5. The molecule has 0 aliphatic rings. The molecular formula is C14H14F2N6O. The largest absolute Gasteiger partial charge is 0.334 e. The summed E-state index contributed by atoms with van der Waals surface area (Å²) in [7, 11) is 0. The highest BCUT2D eigenvalue weighted by molar-refractivity contribution is 5.87. The maximum Gasteiger partial charge on any atom is 0.321 e. The third-order valence-corrected chi connectivity index (χ3v) is 2.95. The van der Waals surface area contributed by atoms with Gasteiger partial charge in [0.25, 0.3) is 0 Å². The topological polar surface area (TPSA) is 95.6 Å². The van der Waals surface area contributed by atoms with Crippen molar-refractivity contribution in [3.05, 3.63) is 41.2 Å². The Hall–Kier alpha value is -3.02. The first-order valence-corrected chi connectivity index (χ1v) is 6.74. The Bertz CT molecular complexity index is 742. The second-order valence-electron chi connectivity index (χ2n) is 4.98. The fourth-order valence-electron chi connectivity index (χ4n) is 1.88. The average molecular weight is 320 g/mol. The lowest BCUT2D eigenvalue weighted by Gasteiger charge is -2.11. The fourth-order valence-corrected chi connectivity index (χ4v) is 1.88. The Kier molecular flexibility index (Phi) is 4.85.